The van der Waals surface area contributed by atoms with Crippen LogP contribution in [0.4, 0.5) is 5.69 Å². The molecule has 0 aromatic heterocycles. The van der Waals surface area contributed by atoms with Gasteiger partial charge in [0.1, 0.15) is 0 Å². The largest absolute Gasteiger partial charge is 0.361 e. The molecule has 2 rings (SSSR count). The molecule has 0 unspecified atom stereocenters. The number of hydrogen-bond donors (Lipinski definition) is 2. The second-order valence-corrected chi connectivity index (χ2v) is 3.97. The average Bonchev–Trinajstić information content (AvgIpc) is 2.59. The molecule has 0 saturated carbocycles. The normalized spacial score (nSPS) is 16.6. The summed E-state index contributed by atoms with van der Waals surface area (Å²) >= 11 is 11.6. The van der Waals surface area contributed by atoms with Crippen molar-refractivity contribution >= 4 is 41.0 Å². The molecule has 1 aromatic rings. The Hall–Kier alpha value is -1.52. The van der Waals surface area contributed by atoms with E-state index in [2.05, 4.69) is 15.8 Å². The minimum Gasteiger partial charge on any atom is -0.361 e. The van der Waals surface area contributed by atoms with E-state index in [0.29, 0.717) is 21.3 Å². The monoisotopic (exact) mass is 255 g/mol. The lowest BCUT2D eigenvalue weighted by Gasteiger charge is -2.02. The second kappa shape index (κ2) is 4.55. The molecule has 16 heavy (non-hydrogen) atoms. The van der Waals surface area contributed by atoms with Crippen LogP contribution in [0.25, 0.3) is 0 Å². The van der Waals surface area contributed by atoms with Crippen LogP contribution in [0.5, 0.6) is 0 Å². The molecular formula is C10H7Cl2N3O. The van der Waals surface area contributed by atoms with E-state index in [1.54, 1.807) is 18.2 Å². The Balaban J connectivity index is 2.15. The third-order valence-corrected chi connectivity index (χ3v) is 2.33. The van der Waals surface area contributed by atoms with E-state index in [9.17, 15) is 4.79 Å². The Kier molecular flexibility index (Phi) is 3.12. The summed E-state index contributed by atoms with van der Waals surface area (Å²) in [5.74, 6) is -0.249. The van der Waals surface area contributed by atoms with Crippen molar-refractivity contribution in [2.24, 2.45) is 5.10 Å². The van der Waals surface area contributed by atoms with Crippen molar-refractivity contribution in [3.05, 3.63) is 40.0 Å². The Labute approximate surface area is 102 Å². The fraction of sp³-hybridized carbons (Fsp3) is 0. The molecule has 4 nitrogen and oxygen atoms in total. The molecule has 0 bridgehead atoms. The molecule has 1 aromatic carbocycles. The van der Waals surface area contributed by atoms with Gasteiger partial charge in [0.25, 0.3) is 5.91 Å². The zero-order chi connectivity index (χ0) is 11.5. The molecule has 1 aliphatic rings. The van der Waals surface area contributed by atoms with Crippen LogP contribution in [0.2, 0.25) is 10.0 Å². The summed E-state index contributed by atoms with van der Waals surface area (Å²) in [4.78, 5) is 11.1. The molecule has 0 atom stereocenters. The van der Waals surface area contributed by atoms with Crippen LogP contribution in [-0.2, 0) is 4.79 Å². The number of hydrazone groups is 1. The maximum Gasteiger partial charge on any atom is 0.274 e. The number of nitrogens with one attached hydrogen (secondary N) is 2. The third-order valence-electron chi connectivity index (χ3n) is 1.89. The number of benzene rings is 1. The lowest BCUT2D eigenvalue weighted by Crippen LogP contribution is -2.12. The number of rotatable bonds is 2. The zero-order valence-electron chi connectivity index (χ0n) is 8.00. The van der Waals surface area contributed by atoms with Crippen molar-refractivity contribution in [3.63, 3.8) is 0 Å². The SMILES string of the molecule is O=C1NN=CC1=CNc1cc(Cl)cc(Cl)c1. The molecule has 1 aliphatic heterocycles. The fourth-order valence-electron chi connectivity index (χ4n) is 1.18. The van der Waals surface area contributed by atoms with Gasteiger partial charge in [-0.1, -0.05) is 23.2 Å². The Morgan fingerprint density at radius 3 is 2.50 bits per heavy atom. The van der Waals surface area contributed by atoms with Gasteiger partial charge >= 0.3 is 0 Å². The van der Waals surface area contributed by atoms with Gasteiger partial charge in [-0.25, -0.2) is 5.43 Å². The molecule has 0 spiro atoms. The number of carbonyl (C=O) groups excluding carboxylic acids is 1. The summed E-state index contributed by atoms with van der Waals surface area (Å²) in [6.45, 7) is 0. The van der Waals surface area contributed by atoms with E-state index in [1.807, 2.05) is 0 Å². The van der Waals surface area contributed by atoms with Crippen molar-refractivity contribution < 1.29 is 4.79 Å². The number of nitrogens with zero attached hydrogens (tertiary/aromatic N) is 1. The highest BCUT2D eigenvalue weighted by Gasteiger charge is 2.11. The van der Waals surface area contributed by atoms with E-state index >= 15 is 0 Å². The summed E-state index contributed by atoms with van der Waals surface area (Å²) < 4.78 is 0. The number of anilines is 1. The predicted molar refractivity (Wildman–Crippen MR) is 64.8 cm³/mol. The van der Waals surface area contributed by atoms with Gasteiger partial charge in [-0.05, 0) is 18.2 Å². The van der Waals surface area contributed by atoms with Crippen LogP contribution in [0, 0.1) is 0 Å². The lowest BCUT2D eigenvalue weighted by atomic mass is 10.3. The van der Waals surface area contributed by atoms with Gasteiger partial charge in [-0.2, -0.15) is 5.10 Å². The van der Waals surface area contributed by atoms with Gasteiger partial charge in [-0.3, -0.25) is 4.79 Å². The highest BCUT2D eigenvalue weighted by Crippen LogP contribution is 2.22. The molecule has 1 amide bonds. The predicted octanol–water partition coefficient (Wildman–Crippen LogP) is 2.40. The highest BCUT2D eigenvalue weighted by molar-refractivity contribution is 6.35. The van der Waals surface area contributed by atoms with Crippen molar-refractivity contribution in [1.29, 1.82) is 0 Å². The van der Waals surface area contributed by atoms with Gasteiger partial charge in [0.2, 0.25) is 0 Å². The van der Waals surface area contributed by atoms with Crippen LogP contribution >= 0.6 is 23.2 Å². The number of hydrogen-bond acceptors (Lipinski definition) is 3. The minimum absolute atomic E-state index is 0.249. The number of carbonyl (C=O) groups is 1. The lowest BCUT2D eigenvalue weighted by molar-refractivity contribution is -0.116. The molecule has 0 aliphatic carbocycles. The standard InChI is InChI=1S/C10H7Cl2N3O/c11-7-1-8(12)3-9(2-7)13-4-6-5-14-15-10(6)16/h1-5,13H,(H,15,16). The first-order valence-corrected chi connectivity index (χ1v) is 5.17. The first-order valence-electron chi connectivity index (χ1n) is 4.41. The van der Waals surface area contributed by atoms with Crippen LogP contribution < -0.4 is 10.7 Å². The van der Waals surface area contributed by atoms with E-state index in [4.69, 9.17) is 23.2 Å². The Morgan fingerprint density at radius 1 is 1.25 bits per heavy atom. The van der Waals surface area contributed by atoms with Gasteiger partial charge in [-0.15, -0.1) is 0 Å². The molecule has 1 heterocycles. The van der Waals surface area contributed by atoms with Crippen LogP contribution in [0.1, 0.15) is 0 Å². The van der Waals surface area contributed by atoms with Gasteiger partial charge in [0.15, 0.2) is 0 Å². The summed E-state index contributed by atoms with van der Waals surface area (Å²) in [5, 5.41) is 7.58. The molecule has 6 heteroatoms. The van der Waals surface area contributed by atoms with E-state index in [1.165, 1.54) is 12.4 Å². The molecular weight excluding hydrogens is 249 g/mol. The molecule has 0 radical (unpaired) electrons. The number of halogens is 2. The first-order chi connectivity index (χ1) is 7.65. The average molecular weight is 256 g/mol. The molecule has 0 saturated heterocycles. The molecule has 2 N–H and O–H groups in total. The van der Waals surface area contributed by atoms with Crippen molar-refractivity contribution in [2.75, 3.05) is 5.32 Å². The van der Waals surface area contributed by atoms with Crippen LogP contribution in [0.3, 0.4) is 0 Å². The van der Waals surface area contributed by atoms with Gasteiger partial charge < -0.3 is 5.32 Å². The molecule has 82 valence electrons. The van der Waals surface area contributed by atoms with Gasteiger partial charge in [0, 0.05) is 21.9 Å². The summed E-state index contributed by atoms with van der Waals surface area (Å²) in [6.07, 6.45) is 2.97. The maximum atomic E-state index is 11.1. The zero-order valence-corrected chi connectivity index (χ0v) is 9.51. The van der Waals surface area contributed by atoms with E-state index in [-0.39, 0.29) is 5.91 Å². The van der Waals surface area contributed by atoms with E-state index < -0.39 is 0 Å². The topological polar surface area (TPSA) is 53.5 Å². The summed E-state index contributed by atoms with van der Waals surface area (Å²) in [7, 11) is 0. The van der Waals surface area contributed by atoms with Crippen LogP contribution in [0.15, 0.2) is 35.1 Å². The molecule has 0 fully saturated rings. The van der Waals surface area contributed by atoms with Crippen molar-refractivity contribution in [2.45, 2.75) is 0 Å². The smallest absolute Gasteiger partial charge is 0.274 e. The maximum absolute atomic E-state index is 11.1. The van der Waals surface area contributed by atoms with Crippen molar-refractivity contribution in [1.82, 2.24) is 5.43 Å². The highest BCUT2D eigenvalue weighted by atomic mass is 35.5. The second-order valence-electron chi connectivity index (χ2n) is 3.10. The van der Waals surface area contributed by atoms with Crippen LogP contribution in [-0.4, -0.2) is 12.1 Å². The third kappa shape index (κ3) is 2.53. The Morgan fingerprint density at radius 2 is 1.94 bits per heavy atom. The summed E-state index contributed by atoms with van der Waals surface area (Å²) in [6, 6.07) is 5.04. The van der Waals surface area contributed by atoms with E-state index in [0.717, 1.165) is 0 Å². The minimum atomic E-state index is -0.249. The Bertz CT molecular complexity index is 477. The van der Waals surface area contributed by atoms with Gasteiger partial charge in [0.05, 0.1) is 11.8 Å². The summed E-state index contributed by atoms with van der Waals surface area (Å²) in [5.41, 5.74) is 3.45. The fourth-order valence-corrected chi connectivity index (χ4v) is 1.71. The first kappa shape index (κ1) is 11.0. The van der Waals surface area contributed by atoms with Crippen molar-refractivity contribution in [3.8, 4) is 0 Å². The quantitative estimate of drug-likeness (QED) is 0.798. The number of amides is 1.